The molecule has 20 heavy (non-hydrogen) atoms. The monoisotopic (exact) mass is 357 g/mol. The Kier molecular flexibility index (Phi) is 5.01. The van der Waals surface area contributed by atoms with Gasteiger partial charge in [-0.05, 0) is 54.6 Å². The molecule has 1 aromatic rings. The summed E-state index contributed by atoms with van der Waals surface area (Å²) in [5.74, 6) is 0. The number of hydrogen-bond acceptors (Lipinski definition) is 4. The topological polar surface area (TPSA) is 52.7 Å². The van der Waals surface area contributed by atoms with E-state index in [9.17, 15) is 5.11 Å². The van der Waals surface area contributed by atoms with E-state index >= 15 is 0 Å². The van der Waals surface area contributed by atoms with Crippen molar-refractivity contribution in [1.29, 1.82) is 0 Å². The number of benzene rings is 1. The van der Waals surface area contributed by atoms with Gasteiger partial charge in [0, 0.05) is 34.9 Å². The molecule has 0 aliphatic carbocycles. The molecule has 110 valence electrons. The summed E-state index contributed by atoms with van der Waals surface area (Å²) in [6.45, 7) is 1.59. The van der Waals surface area contributed by atoms with E-state index in [4.69, 9.17) is 18.0 Å². The van der Waals surface area contributed by atoms with Gasteiger partial charge >= 0.3 is 0 Å². The van der Waals surface area contributed by atoms with Crippen LogP contribution in [0, 0.1) is 0 Å². The third-order valence-electron chi connectivity index (χ3n) is 3.52. The average molecular weight is 358 g/mol. The van der Waals surface area contributed by atoms with Crippen LogP contribution in [-0.4, -0.2) is 54.3 Å². The van der Waals surface area contributed by atoms with Crippen LogP contribution in [0.1, 0.15) is 12.0 Å². The minimum absolute atomic E-state index is 0.269. The number of rotatable bonds is 4. The van der Waals surface area contributed by atoms with Crippen LogP contribution in [0.3, 0.4) is 0 Å². The molecular weight excluding hydrogens is 338 g/mol. The van der Waals surface area contributed by atoms with Crippen LogP contribution < -0.4 is 10.6 Å². The number of anilines is 1. The number of thiocarbonyl (C=S) groups is 1. The molecule has 0 spiro atoms. The van der Waals surface area contributed by atoms with Gasteiger partial charge in [0.1, 0.15) is 4.99 Å². The number of likely N-dealkylation sites (N-methyl/N-ethyl adjacent to an activating group) is 1. The van der Waals surface area contributed by atoms with Crippen molar-refractivity contribution < 1.29 is 5.11 Å². The van der Waals surface area contributed by atoms with Crippen LogP contribution in [0.15, 0.2) is 22.7 Å². The number of β-amino-alcohol motifs (C(OH)–C–C–N with tert-alkyl or cyclic N) is 1. The van der Waals surface area contributed by atoms with Crippen molar-refractivity contribution in [2.75, 3.05) is 32.1 Å². The second-order valence-corrected chi connectivity index (χ2v) is 6.78. The summed E-state index contributed by atoms with van der Waals surface area (Å²) in [6, 6.07) is 6.29. The standard InChI is InChI=1S/C14H20BrN3OS/c1-17(2)7-10-5-11(19)8-18(10)9-3-4-12(14(16)20)13(15)6-9/h3-4,6,10-11,19H,5,7-8H2,1-2H3,(H2,16,20). The van der Waals surface area contributed by atoms with E-state index in [2.05, 4.69) is 39.8 Å². The minimum Gasteiger partial charge on any atom is -0.391 e. The van der Waals surface area contributed by atoms with Crippen molar-refractivity contribution in [1.82, 2.24) is 4.90 Å². The molecule has 1 aromatic carbocycles. The van der Waals surface area contributed by atoms with E-state index in [0.717, 1.165) is 28.7 Å². The molecule has 0 aromatic heterocycles. The molecule has 0 saturated carbocycles. The van der Waals surface area contributed by atoms with Crippen LogP contribution in [-0.2, 0) is 0 Å². The van der Waals surface area contributed by atoms with E-state index in [-0.39, 0.29) is 6.10 Å². The Morgan fingerprint density at radius 3 is 2.80 bits per heavy atom. The van der Waals surface area contributed by atoms with Crippen molar-refractivity contribution in [3.8, 4) is 0 Å². The lowest BCUT2D eigenvalue weighted by Crippen LogP contribution is -2.37. The number of aliphatic hydroxyl groups is 1. The van der Waals surface area contributed by atoms with Gasteiger partial charge in [0.2, 0.25) is 0 Å². The van der Waals surface area contributed by atoms with Crippen molar-refractivity contribution in [3.05, 3.63) is 28.2 Å². The lowest BCUT2D eigenvalue weighted by molar-refractivity contribution is 0.191. The Morgan fingerprint density at radius 2 is 2.25 bits per heavy atom. The van der Waals surface area contributed by atoms with Gasteiger partial charge < -0.3 is 20.6 Å². The molecule has 2 rings (SSSR count). The molecule has 4 nitrogen and oxygen atoms in total. The Bertz CT molecular complexity index is 509. The fraction of sp³-hybridized carbons (Fsp3) is 0.500. The number of aliphatic hydroxyl groups excluding tert-OH is 1. The molecule has 2 atom stereocenters. The molecule has 1 fully saturated rings. The third-order valence-corrected chi connectivity index (χ3v) is 4.39. The maximum atomic E-state index is 9.94. The summed E-state index contributed by atoms with van der Waals surface area (Å²) >= 11 is 8.53. The van der Waals surface area contributed by atoms with Crippen LogP contribution in [0.2, 0.25) is 0 Å². The first kappa shape index (κ1) is 15.7. The smallest absolute Gasteiger partial charge is 0.105 e. The second-order valence-electron chi connectivity index (χ2n) is 5.49. The molecule has 0 radical (unpaired) electrons. The van der Waals surface area contributed by atoms with Crippen molar-refractivity contribution >= 4 is 38.8 Å². The van der Waals surface area contributed by atoms with Crippen molar-refractivity contribution in [2.45, 2.75) is 18.6 Å². The summed E-state index contributed by atoms with van der Waals surface area (Å²) in [6.07, 6.45) is 0.529. The first-order valence-corrected chi connectivity index (χ1v) is 7.77. The highest BCUT2D eigenvalue weighted by atomic mass is 79.9. The van der Waals surface area contributed by atoms with Gasteiger partial charge in [0.15, 0.2) is 0 Å². The normalized spacial score (nSPS) is 22.6. The molecule has 1 saturated heterocycles. The zero-order chi connectivity index (χ0) is 14.9. The molecule has 1 aliphatic rings. The van der Waals surface area contributed by atoms with Crippen molar-refractivity contribution in [3.63, 3.8) is 0 Å². The number of halogens is 1. The first-order chi connectivity index (χ1) is 9.38. The van der Waals surface area contributed by atoms with Crippen LogP contribution in [0.25, 0.3) is 0 Å². The highest BCUT2D eigenvalue weighted by molar-refractivity contribution is 9.10. The van der Waals surface area contributed by atoms with Gasteiger partial charge in [0.05, 0.1) is 6.10 Å². The largest absolute Gasteiger partial charge is 0.391 e. The Hall–Kier alpha value is -0.690. The molecule has 0 bridgehead atoms. The van der Waals surface area contributed by atoms with Crippen LogP contribution in [0.4, 0.5) is 5.69 Å². The lowest BCUT2D eigenvalue weighted by atomic mass is 10.1. The van der Waals surface area contributed by atoms with Crippen LogP contribution in [0.5, 0.6) is 0 Å². The molecule has 6 heteroatoms. The zero-order valence-electron chi connectivity index (χ0n) is 11.7. The van der Waals surface area contributed by atoms with Gasteiger partial charge in [-0.25, -0.2) is 0 Å². The Labute approximate surface area is 133 Å². The van der Waals surface area contributed by atoms with Gasteiger partial charge in [-0.2, -0.15) is 0 Å². The van der Waals surface area contributed by atoms with Gasteiger partial charge in [-0.1, -0.05) is 12.2 Å². The predicted molar refractivity (Wildman–Crippen MR) is 90.3 cm³/mol. The molecule has 1 heterocycles. The fourth-order valence-corrected chi connectivity index (χ4v) is 3.57. The van der Waals surface area contributed by atoms with Gasteiger partial charge in [0.25, 0.3) is 0 Å². The molecule has 0 amide bonds. The molecule has 2 unspecified atom stereocenters. The highest BCUT2D eigenvalue weighted by Gasteiger charge is 2.31. The summed E-state index contributed by atoms with van der Waals surface area (Å²) < 4.78 is 0.896. The molecule has 1 aliphatic heterocycles. The molecule has 3 N–H and O–H groups in total. The quantitative estimate of drug-likeness (QED) is 0.801. The third kappa shape index (κ3) is 3.49. The van der Waals surface area contributed by atoms with E-state index in [1.54, 1.807) is 0 Å². The number of nitrogens with zero attached hydrogens (tertiary/aromatic N) is 2. The van der Waals surface area contributed by atoms with Crippen molar-refractivity contribution in [2.24, 2.45) is 5.73 Å². The van der Waals surface area contributed by atoms with E-state index in [1.807, 2.05) is 18.2 Å². The number of nitrogens with two attached hydrogens (primary N) is 1. The highest BCUT2D eigenvalue weighted by Crippen LogP contribution is 2.30. The molecular formula is C14H20BrN3OS. The maximum absolute atomic E-state index is 9.94. The summed E-state index contributed by atoms with van der Waals surface area (Å²) in [7, 11) is 4.10. The average Bonchev–Trinajstić information content (AvgIpc) is 2.68. The van der Waals surface area contributed by atoms with E-state index in [0.29, 0.717) is 17.6 Å². The van der Waals surface area contributed by atoms with E-state index in [1.165, 1.54) is 0 Å². The van der Waals surface area contributed by atoms with Gasteiger partial charge in [-0.15, -0.1) is 0 Å². The van der Waals surface area contributed by atoms with Crippen LogP contribution >= 0.6 is 28.1 Å². The lowest BCUT2D eigenvalue weighted by Gasteiger charge is -2.29. The van der Waals surface area contributed by atoms with Gasteiger partial charge in [-0.3, -0.25) is 0 Å². The summed E-state index contributed by atoms with van der Waals surface area (Å²) in [5.41, 5.74) is 7.60. The Balaban J connectivity index is 2.25. The fourth-order valence-electron chi connectivity index (χ4n) is 2.69. The summed E-state index contributed by atoms with van der Waals surface area (Å²) in [4.78, 5) is 4.78. The SMILES string of the molecule is CN(C)CC1CC(O)CN1c1ccc(C(N)=S)c(Br)c1. The predicted octanol–water partition coefficient (Wildman–Crippen LogP) is 1.58. The van der Waals surface area contributed by atoms with E-state index < -0.39 is 0 Å². The first-order valence-electron chi connectivity index (χ1n) is 6.57. The number of hydrogen-bond donors (Lipinski definition) is 2. The second kappa shape index (κ2) is 6.39. The minimum atomic E-state index is -0.269. The zero-order valence-corrected chi connectivity index (χ0v) is 14.1. The summed E-state index contributed by atoms with van der Waals surface area (Å²) in [5, 5.41) is 9.94. The maximum Gasteiger partial charge on any atom is 0.105 e. The Morgan fingerprint density at radius 1 is 1.55 bits per heavy atom.